The minimum Gasteiger partial charge on any atom is -0.267 e. The number of hydrazone groups is 1. The summed E-state index contributed by atoms with van der Waals surface area (Å²) in [6.45, 7) is 1.80. The topological polar surface area (TPSA) is 54.4 Å². The van der Waals surface area contributed by atoms with Crippen LogP contribution >= 0.6 is 0 Å². The molecule has 4 nitrogen and oxygen atoms in total. The lowest BCUT2D eigenvalue weighted by atomic mass is 10.1. The molecule has 6 heteroatoms. The van der Waals surface area contributed by atoms with E-state index < -0.39 is 17.5 Å². The Morgan fingerprint density at radius 3 is 2.71 bits per heavy atom. The van der Waals surface area contributed by atoms with Crippen LogP contribution < -0.4 is 5.43 Å². The molecule has 1 amide bonds. The zero-order valence-corrected chi connectivity index (χ0v) is 12.8. The molecule has 0 atom stereocenters. The Bertz CT molecular complexity index is 954. The fraction of sp³-hybridized carbons (Fsp3) is 0.0556. The van der Waals surface area contributed by atoms with E-state index in [0.29, 0.717) is 27.7 Å². The van der Waals surface area contributed by atoms with Gasteiger partial charge in [-0.15, -0.1) is 0 Å². The molecule has 0 aliphatic rings. The van der Waals surface area contributed by atoms with Crippen LogP contribution in [0.15, 0.2) is 53.6 Å². The van der Waals surface area contributed by atoms with Crippen LogP contribution in [-0.2, 0) is 0 Å². The molecule has 1 aromatic heterocycles. The van der Waals surface area contributed by atoms with Gasteiger partial charge in [0.2, 0.25) is 0 Å². The Balaban J connectivity index is 1.82. The molecular weight excluding hydrogens is 312 g/mol. The molecular formula is C18H13F2N3O. The Hall–Kier alpha value is -3.15. The van der Waals surface area contributed by atoms with Crippen molar-refractivity contribution in [2.45, 2.75) is 6.92 Å². The lowest BCUT2D eigenvalue weighted by molar-refractivity contribution is 0.0956. The number of amides is 1. The predicted molar refractivity (Wildman–Crippen MR) is 87.9 cm³/mol. The fourth-order valence-electron chi connectivity index (χ4n) is 2.31. The van der Waals surface area contributed by atoms with E-state index >= 15 is 0 Å². The molecule has 1 N–H and O–H groups in total. The van der Waals surface area contributed by atoms with Gasteiger partial charge < -0.3 is 0 Å². The van der Waals surface area contributed by atoms with Gasteiger partial charge in [-0.25, -0.2) is 14.2 Å². The highest BCUT2D eigenvalue weighted by Gasteiger charge is 2.11. The number of benzene rings is 2. The minimum atomic E-state index is -0.971. The fourth-order valence-corrected chi connectivity index (χ4v) is 2.31. The summed E-state index contributed by atoms with van der Waals surface area (Å²) in [4.78, 5) is 16.7. The summed E-state index contributed by atoms with van der Waals surface area (Å²) >= 11 is 0. The smallest absolute Gasteiger partial charge is 0.267 e. The molecule has 0 spiro atoms. The number of aryl methyl sites for hydroxylation is 1. The molecule has 0 aliphatic heterocycles. The number of hydrogen-bond donors (Lipinski definition) is 1. The number of carbonyl (C=O) groups is 1. The largest absolute Gasteiger partial charge is 0.272 e. The molecule has 0 unspecified atom stereocenters. The van der Waals surface area contributed by atoms with Gasteiger partial charge in [0, 0.05) is 11.1 Å². The summed E-state index contributed by atoms with van der Waals surface area (Å²) < 4.78 is 26.0. The highest BCUT2D eigenvalue weighted by molar-refractivity contribution is 6.06. The van der Waals surface area contributed by atoms with E-state index in [2.05, 4.69) is 15.5 Å². The summed E-state index contributed by atoms with van der Waals surface area (Å²) in [5.41, 5.74) is 4.60. The SMILES string of the molecule is Cc1cc(C(=O)N/N=C/c2ccc(F)c(F)c2)c2ccccc2n1. The van der Waals surface area contributed by atoms with Crippen molar-refractivity contribution in [3.63, 3.8) is 0 Å². The third kappa shape index (κ3) is 3.27. The highest BCUT2D eigenvalue weighted by Crippen LogP contribution is 2.18. The van der Waals surface area contributed by atoms with Crippen molar-refractivity contribution in [1.82, 2.24) is 10.4 Å². The lowest BCUT2D eigenvalue weighted by Gasteiger charge is -2.06. The minimum absolute atomic E-state index is 0.338. The standard InChI is InChI=1S/C18H13F2N3O/c1-11-8-14(13-4-2-3-5-17(13)22-11)18(24)23-21-10-12-6-7-15(19)16(20)9-12/h2-10H,1H3,(H,23,24)/b21-10+. The number of aromatic nitrogens is 1. The number of carbonyl (C=O) groups excluding carboxylic acids is 1. The molecule has 120 valence electrons. The zero-order valence-electron chi connectivity index (χ0n) is 12.8. The van der Waals surface area contributed by atoms with Crippen molar-refractivity contribution in [3.8, 4) is 0 Å². The van der Waals surface area contributed by atoms with Crippen molar-refractivity contribution in [3.05, 3.63) is 77.0 Å². The first-order valence-electron chi connectivity index (χ1n) is 7.19. The highest BCUT2D eigenvalue weighted by atomic mass is 19.2. The first kappa shape index (κ1) is 15.7. The first-order valence-corrected chi connectivity index (χ1v) is 7.19. The Kier molecular flexibility index (Phi) is 4.29. The maximum atomic E-state index is 13.1. The van der Waals surface area contributed by atoms with E-state index in [9.17, 15) is 13.6 Å². The Morgan fingerprint density at radius 1 is 1.12 bits per heavy atom. The molecule has 0 bridgehead atoms. The number of fused-ring (bicyclic) bond motifs is 1. The van der Waals surface area contributed by atoms with Crippen molar-refractivity contribution < 1.29 is 13.6 Å². The van der Waals surface area contributed by atoms with Crippen LogP contribution in [0, 0.1) is 18.6 Å². The third-order valence-corrected chi connectivity index (χ3v) is 3.41. The van der Waals surface area contributed by atoms with Gasteiger partial charge in [0.25, 0.3) is 5.91 Å². The van der Waals surface area contributed by atoms with Crippen molar-refractivity contribution in [2.75, 3.05) is 0 Å². The van der Waals surface area contributed by atoms with E-state index in [1.807, 2.05) is 18.2 Å². The van der Waals surface area contributed by atoms with Crippen LogP contribution in [0.2, 0.25) is 0 Å². The van der Waals surface area contributed by atoms with Crippen LogP contribution in [0.1, 0.15) is 21.6 Å². The number of para-hydroxylation sites is 1. The second kappa shape index (κ2) is 6.54. The number of rotatable bonds is 3. The van der Waals surface area contributed by atoms with Gasteiger partial charge in [0.1, 0.15) is 0 Å². The van der Waals surface area contributed by atoms with Gasteiger partial charge >= 0.3 is 0 Å². The molecule has 1 heterocycles. The second-order valence-corrected chi connectivity index (χ2v) is 5.20. The second-order valence-electron chi connectivity index (χ2n) is 5.20. The van der Waals surface area contributed by atoms with E-state index in [-0.39, 0.29) is 0 Å². The average Bonchev–Trinajstić information content (AvgIpc) is 2.57. The number of nitrogens with one attached hydrogen (secondary N) is 1. The van der Waals surface area contributed by atoms with E-state index in [0.717, 1.165) is 12.1 Å². The number of halogens is 2. The van der Waals surface area contributed by atoms with Crippen LogP contribution in [0.25, 0.3) is 10.9 Å². The van der Waals surface area contributed by atoms with Crippen molar-refractivity contribution >= 4 is 23.0 Å². The summed E-state index contributed by atoms with van der Waals surface area (Å²) in [6, 6.07) is 12.3. The first-order chi connectivity index (χ1) is 11.5. The molecule has 0 saturated heterocycles. The summed E-state index contributed by atoms with van der Waals surface area (Å²) in [5.74, 6) is -2.31. The Morgan fingerprint density at radius 2 is 1.92 bits per heavy atom. The number of nitrogens with zero attached hydrogens (tertiary/aromatic N) is 2. The van der Waals surface area contributed by atoms with Gasteiger partial charge in [-0.2, -0.15) is 5.10 Å². The molecule has 2 aromatic carbocycles. The summed E-state index contributed by atoms with van der Waals surface area (Å²) in [5, 5.41) is 4.50. The number of pyridine rings is 1. The van der Waals surface area contributed by atoms with Gasteiger partial charge in [-0.05, 0) is 36.8 Å². The molecule has 0 fully saturated rings. The van der Waals surface area contributed by atoms with Gasteiger partial charge in [0.15, 0.2) is 11.6 Å². The average molecular weight is 325 g/mol. The van der Waals surface area contributed by atoms with E-state index in [1.165, 1.54) is 12.3 Å². The van der Waals surface area contributed by atoms with Crippen LogP contribution in [0.5, 0.6) is 0 Å². The zero-order chi connectivity index (χ0) is 17.1. The van der Waals surface area contributed by atoms with Gasteiger partial charge in [-0.3, -0.25) is 9.78 Å². The van der Waals surface area contributed by atoms with Crippen LogP contribution in [-0.4, -0.2) is 17.1 Å². The molecule has 0 aliphatic carbocycles. The van der Waals surface area contributed by atoms with E-state index in [4.69, 9.17) is 0 Å². The lowest BCUT2D eigenvalue weighted by Crippen LogP contribution is -2.18. The predicted octanol–water partition coefficient (Wildman–Crippen LogP) is 3.59. The third-order valence-electron chi connectivity index (χ3n) is 3.41. The summed E-state index contributed by atoms with van der Waals surface area (Å²) in [6.07, 6.45) is 1.25. The van der Waals surface area contributed by atoms with E-state index in [1.54, 1.807) is 19.1 Å². The van der Waals surface area contributed by atoms with Crippen molar-refractivity contribution in [2.24, 2.45) is 5.10 Å². The van der Waals surface area contributed by atoms with Crippen molar-refractivity contribution in [1.29, 1.82) is 0 Å². The monoisotopic (exact) mass is 325 g/mol. The maximum Gasteiger partial charge on any atom is 0.272 e. The molecule has 0 saturated carbocycles. The van der Waals surface area contributed by atoms with Gasteiger partial charge in [0.05, 0.1) is 17.3 Å². The van der Waals surface area contributed by atoms with Crippen LogP contribution in [0.4, 0.5) is 8.78 Å². The molecule has 0 radical (unpaired) electrons. The molecule has 3 rings (SSSR count). The number of hydrogen-bond acceptors (Lipinski definition) is 3. The molecule has 3 aromatic rings. The Labute approximate surface area is 136 Å². The van der Waals surface area contributed by atoms with Gasteiger partial charge in [-0.1, -0.05) is 24.3 Å². The maximum absolute atomic E-state index is 13.1. The molecule has 24 heavy (non-hydrogen) atoms. The summed E-state index contributed by atoms with van der Waals surface area (Å²) in [7, 11) is 0. The normalized spacial score (nSPS) is 11.1. The quantitative estimate of drug-likeness (QED) is 0.591. The van der Waals surface area contributed by atoms with Crippen LogP contribution in [0.3, 0.4) is 0 Å².